The predicted octanol–water partition coefficient (Wildman–Crippen LogP) is 2.13. The van der Waals surface area contributed by atoms with Crippen molar-refractivity contribution < 1.29 is 0 Å². The van der Waals surface area contributed by atoms with E-state index in [0.29, 0.717) is 0 Å². The topological polar surface area (TPSA) is 38.0 Å². The summed E-state index contributed by atoms with van der Waals surface area (Å²) >= 11 is 5.90. The highest BCUT2D eigenvalue weighted by Gasteiger charge is 2.05. The Morgan fingerprint density at radius 2 is 2.33 bits per heavy atom. The first kappa shape index (κ1) is 12.1. The van der Waals surface area contributed by atoms with Gasteiger partial charge in [0.05, 0.1) is 0 Å². The van der Waals surface area contributed by atoms with Crippen molar-refractivity contribution in [3.8, 4) is 11.8 Å². The molecule has 2 nitrogen and oxygen atoms in total. The molecule has 1 aromatic rings. The third kappa shape index (κ3) is 4.35. The predicted molar refractivity (Wildman–Crippen MR) is 64.3 cm³/mol. The van der Waals surface area contributed by atoms with Gasteiger partial charge in [0, 0.05) is 17.5 Å². The van der Waals surface area contributed by atoms with Crippen LogP contribution in [0.4, 0.5) is 0 Å². The molecule has 0 aliphatic rings. The largest absolute Gasteiger partial charge is 0.271 e. The smallest absolute Gasteiger partial charge is 0.0408 e. The average molecular weight is 223 g/mol. The molecule has 0 aromatic heterocycles. The fourth-order valence-electron chi connectivity index (χ4n) is 1.36. The summed E-state index contributed by atoms with van der Waals surface area (Å²) in [6.45, 7) is 1.83. The Morgan fingerprint density at radius 3 is 2.93 bits per heavy atom. The van der Waals surface area contributed by atoms with E-state index in [1.807, 2.05) is 31.2 Å². The van der Waals surface area contributed by atoms with Gasteiger partial charge in [0.25, 0.3) is 0 Å². The zero-order valence-corrected chi connectivity index (χ0v) is 9.51. The van der Waals surface area contributed by atoms with Gasteiger partial charge in [0.15, 0.2) is 0 Å². The molecule has 0 aliphatic heterocycles. The minimum Gasteiger partial charge on any atom is -0.271 e. The maximum Gasteiger partial charge on any atom is 0.0408 e. The van der Waals surface area contributed by atoms with Gasteiger partial charge in [0.1, 0.15) is 0 Å². The van der Waals surface area contributed by atoms with Crippen molar-refractivity contribution in [1.29, 1.82) is 0 Å². The Balaban J connectivity index is 2.60. The molecule has 1 aromatic carbocycles. The number of rotatable bonds is 4. The van der Waals surface area contributed by atoms with Gasteiger partial charge < -0.3 is 0 Å². The third-order valence-electron chi connectivity index (χ3n) is 2.13. The number of hydrazine groups is 1. The first-order chi connectivity index (χ1) is 7.26. The van der Waals surface area contributed by atoms with Gasteiger partial charge in [-0.1, -0.05) is 23.7 Å². The highest BCUT2D eigenvalue weighted by atomic mass is 35.5. The van der Waals surface area contributed by atoms with Gasteiger partial charge in [0.2, 0.25) is 0 Å². The van der Waals surface area contributed by atoms with Crippen LogP contribution in [0.2, 0.25) is 5.02 Å². The van der Waals surface area contributed by atoms with Crippen LogP contribution in [0.1, 0.15) is 18.9 Å². The summed E-state index contributed by atoms with van der Waals surface area (Å²) in [7, 11) is 0. The lowest BCUT2D eigenvalue weighted by Crippen LogP contribution is -2.36. The van der Waals surface area contributed by atoms with Crippen molar-refractivity contribution in [3.63, 3.8) is 0 Å². The number of halogens is 1. The molecule has 0 spiro atoms. The van der Waals surface area contributed by atoms with E-state index in [1.165, 1.54) is 5.56 Å². The molecule has 0 amide bonds. The summed E-state index contributed by atoms with van der Waals surface area (Å²) in [4.78, 5) is 0. The second-order valence-corrected chi connectivity index (χ2v) is 3.76. The van der Waals surface area contributed by atoms with Crippen LogP contribution in [0.15, 0.2) is 24.3 Å². The molecule has 0 aliphatic carbocycles. The molecule has 0 saturated carbocycles. The van der Waals surface area contributed by atoms with Crippen molar-refractivity contribution in [3.05, 3.63) is 34.9 Å². The normalized spacial score (nSPS) is 11.7. The molecule has 0 fully saturated rings. The monoisotopic (exact) mass is 222 g/mol. The molecule has 1 rings (SSSR count). The van der Waals surface area contributed by atoms with E-state index in [2.05, 4.69) is 17.3 Å². The molecule has 1 atom stereocenters. The summed E-state index contributed by atoms with van der Waals surface area (Å²) in [5, 5.41) is 0.754. The van der Waals surface area contributed by atoms with Crippen LogP contribution in [-0.2, 0) is 6.42 Å². The van der Waals surface area contributed by atoms with E-state index in [-0.39, 0.29) is 6.04 Å². The molecule has 0 heterocycles. The minimum absolute atomic E-state index is 0.177. The summed E-state index contributed by atoms with van der Waals surface area (Å²) < 4.78 is 0. The Morgan fingerprint density at radius 1 is 1.53 bits per heavy atom. The standard InChI is InChI=1S/C12H15ClN2/c1-2-3-7-12(15-14)9-10-5-4-6-11(13)8-10/h4-6,8,12,15H,7,9,14H2,1H3. The van der Waals surface area contributed by atoms with E-state index in [9.17, 15) is 0 Å². The SMILES string of the molecule is CC#CCC(Cc1cccc(Cl)c1)NN. The van der Waals surface area contributed by atoms with E-state index >= 15 is 0 Å². The molecule has 0 radical (unpaired) electrons. The maximum absolute atomic E-state index is 5.90. The van der Waals surface area contributed by atoms with Gasteiger partial charge >= 0.3 is 0 Å². The second kappa shape index (κ2) is 6.47. The molecular weight excluding hydrogens is 208 g/mol. The zero-order chi connectivity index (χ0) is 11.1. The van der Waals surface area contributed by atoms with Gasteiger partial charge in [-0.15, -0.1) is 11.8 Å². The molecular formula is C12H15ClN2. The fourth-order valence-corrected chi connectivity index (χ4v) is 1.58. The quantitative estimate of drug-likeness (QED) is 0.465. The molecule has 15 heavy (non-hydrogen) atoms. The van der Waals surface area contributed by atoms with E-state index in [0.717, 1.165) is 17.9 Å². The first-order valence-corrected chi connectivity index (χ1v) is 5.24. The molecule has 0 saturated heterocycles. The lowest BCUT2D eigenvalue weighted by molar-refractivity contribution is 0.536. The number of hydrogen-bond acceptors (Lipinski definition) is 2. The third-order valence-corrected chi connectivity index (χ3v) is 2.37. The Bertz CT molecular complexity index is 365. The van der Waals surface area contributed by atoms with Crippen LogP contribution in [0.3, 0.4) is 0 Å². The summed E-state index contributed by atoms with van der Waals surface area (Å²) in [6.07, 6.45) is 1.59. The summed E-state index contributed by atoms with van der Waals surface area (Å²) in [5.41, 5.74) is 3.93. The lowest BCUT2D eigenvalue weighted by Gasteiger charge is -2.12. The number of nitrogens with one attached hydrogen (secondary N) is 1. The van der Waals surface area contributed by atoms with Crippen LogP contribution >= 0.6 is 11.6 Å². The van der Waals surface area contributed by atoms with Crippen LogP contribution in [0, 0.1) is 11.8 Å². The number of nitrogens with two attached hydrogens (primary N) is 1. The summed E-state index contributed by atoms with van der Waals surface area (Å²) in [6, 6.07) is 7.97. The van der Waals surface area contributed by atoms with Gasteiger partial charge in [-0.25, -0.2) is 0 Å². The van der Waals surface area contributed by atoms with E-state index in [4.69, 9.17) is 17.4 Å². The van der Waals surface area contributed by atoms with Crippen molar-refractivity contribution in [1.82, 2.24) is 5.43 Å². The summed E-state index contributed by atoms with van der Waals surface area (Å²) in [5.74, 6) is 11.3. The van der Waals surface area contributed by atoms with Gasteiger partial charge in [-0.05, 0) is 31.0 Å². The Kier molecular flexibility index (Phi) is 5.20. The maximum atomic E-state index is 5.90. The second-order valence-electron chi connectivity index (χ2n) is 3.33. The van der Waals surface area contributed by atoms with Crippen LogP contribution in [0.25, 0.3) is 0 Å². The molecule has 3 N–H and O–H groups in total. The molecule has 80 valence electrons. The van der Waals surface area contributed by atoms with Crippen molar-refractivity contribution in [2.24, 2.45) is 5.84 Å². The molecule has 3 heteroatoms. The van der Waals surface area contributed by atoms with Gasteiger partial charge in [-0.3, -0.25) is 11.3 Å². The van der Waals surface area contributed by atoms with E-state index in [1.54, 1.807) is 0 Å². The van der Waals surface area contributed by atoms with Crippen LogP contribution < -0.4 is 11.3 Å². The Hall–Kier alpha value is -1.01. The molecule has 1 unspecified atom stereocenters. The van der Waals surface area contributed by atoms with Crippen molar-refractivity contribution in [2.75, 3.05) is 0 Å². The Labute approximate surface area is 95.8 Å². The van der Waals surface area contributed by atoms with E-state index < -0.39 is 0 Å². The van der Waals surface area contributed by atoms with Crippen LogP contribution in [-0.4, -0.2) is 6.04 Å². The van der Waals surface area contributed by atoms with Crippen LogP contribution in [0.5, 0.6) is 0 Å². The van der Waals surface area contributed by atoms with Crippen molar-refractivity contribution in [2.45, 2.75) is 25.8 Å². The fraction of sp³-hybridized carbons (Fsp3) is 0.333. The lowest BCUT2D eigenvalue weighted by atomic mass is 10.0. The zero-order valence-electron chi connectivity index (χ0n) is 8.76. The highest BCUT2D eigenvalue weighted by Crippen LogP contribution is 2.12. The first-order valence-electron chi connectivity index (χ1n) is 4.86. The minimum atomic E-state index is 0.177. The average Bonchev–Trinajstić information content (AvgIpc) is 2.24. The molecule has 0 bridgehead atoms. The van der Waals surface area contributed by atoms with Gasteiger partial charge in [-0.2, -0.15) is 0 Å². The number of benzene rings is 1. The number of hydrogen-bond donors (Lipinski definition) is 2. The highest BCUT2D eigenvalue weighted by molar-refractivity contribution is 6.30. The van der Waals surface area contributed by atoms with Crippen molar-refractivity contribution >= 4 is 11.6 Å².